The van der Waals surface area contributed by atoms with Gasteiger partial charge in [-0.15, -0.1) is 0 Å². The second-order valence-electron chi connectivity index (χ2n) is 7.37. The minimum atomic E-state index is 0.00150. The molecular weight excluding hydrogens is 382 g/mol. The highest BCUT2D eigenvalue weighted by atomic mass is 16.7. The molecule has 0 spiro atoms. The first-order chi connectivity index (χ1) is 14.8. The average Bonchev–Trinajstić information content (AvgIpc) is 3.48. The number of carbonyl (C=O) groups excluding carboxylic acids is 1. The van der Waals surface area contributed by atoms with E-state index in [-0.39, 0.29) is 18.6 Å². The summed E-state index contributed by atoms with van der Waals surface area (Å²) >= 11 is 0. The quantitative estimate of drug-likeness (QED) is 0.615. The SMILES string of the molecule is O=C(/C=C/c1ccc2c(c1)OCO2)N1CCC(c2nc(-c3ccccc3)no2)CC1. The summed E-state index contributed by atoms with van der Waals surface area (Å²) in [5, 5.41) is 4.11. The van der Waals surface area contributed by atoms with Crippen molar-refractivity contribution in [3.63, 3.8) is 0 Å². The highest BCUT2D eigenvalue weighted by Gasteiger charge is 2.27. The van der Waals surface area contributed by atoms with E-state index in [9.17, 15) is 4.79 Å². The Labute approximate surface area is 173 Å². The maximum absolute atomic E-state index is 12.6. The van der Waals surface area contributed by atoms with E-state index in [1.165, 1.54) is 0 Å². The van der Waals surface area contributed by atoms with E-state index >= 15 is 0 Å². The molecule has 1 saturated heterocycles. The molecular formula is C23H21N3O4. The van der Waals surface area contributed by atoms with Crippen LogP contribution >= 0.6 is 0 Å². The van der Waals surface area contributed by atoms with E-state index in [0.29, 0.717) is 30.6 Å². The normalized spacial score (nSPS) is 16.3. The summed E-state index contributed by atoms with van der Waals surface area (Å²) in [7, 11) is 0. The third kappa shape index (κ3) is 3.78. The molecule has 152 valence electrons. The van der Waals surface area contributed by atoms with Crippen molar-refractivity contribution >= 4 is 12.0 Å². The number of hydrogen-bond donors (Lipinski definition) is 0. The lowest BCUT2D eigenvalue weighted by molar-refractivity contribution is -0.127. The minimum Gasteiger partial charge on any atom is -0.454 e. The van der Waals surface area contributed by atoms with Crippen LogP contribution in [0.1, 0.15) is 30.2 Å². The van der Waals surface area contributed by atoms with Gasteiger partial charge in [-0.1, -0.05) is 41.6 Å². The molecule has 2 aromatic carbocycles. The Balaban J connectivity index is 1.18. The zero-order valence-electron chi connectivity index (χ0n) is 16.4. The van der Waals surface area contributed by atoms with Crippen LogP contribution in [-0.2, 0) is 4.79 Å². The zero-order valence-corrected chi connectivity index (χ0v) is 16.4. The number of benzene rings is 2. The molecule has 0 aliphatic carbocycles. The van der Waals surface area contributed by atoms with Crippen molar-refractivity contribution in [3.05, 3.63) is 66.1 Å². The number of carbonyl (C=O) groups is 1. The molecule has 0 atom stereocenters. The first-order valence-corrected chi connectivity index (χ1v) is 10.0. The van der Waals surface area contributed by atoms with E-state index < -0.39 is 0 Å². The molecule has 7 heteroatoms. The molecule has 0 unspecified atom stereocenters. The summed E-state index contributed by atoms with van der Waals surface area (Å²) in [5.41, 5.74) is 1.84. The number of ether oxygens (including phenoxy) is 2. The summed E-state index contributed by atoms with van der Waals surface area (Å²) in [4.78, 5) is 19.0. The molecule has 0 N–H and O–H groups in total. The number of piperidine rings is 1. The van der Waals surface area contributed by atoms with Crippen LogP contribution in [0.3, 0.4) is 0 Å². The molecule has 3 heterocycles. The van der Waals surface area contributed by atoms with Gasteiger partial charge >= 0.3 is 0 Å². The number of rotatable bonds is 4. The van der Waals surface area contributed by atoms with Gasteiger partial charge < -0.3 is 18.9 Å². The van der Waals surface area contributed by atoms with Crippen molar-refractivity contribution < 1.29 is 18.8 Å². The van der Waals surface area contributed by atoms with Crippen LogP contribution in [0.4, 0.5) is 0 Å². The van der Waals surface area contributed by atoms with Gasteiger partial charge in [0.2, 0.25) is 24.4 Å². The fourth-order valence-corrected chi connectivity index (χ4v) is 3.74. The maximum atomic E-state index is 12.6. The summed E-state index contributed by atoms with van der Waals surface area (Å²) in [6.45, 7) is 1.57. The molecule has 7 nitrogen and oxygen atoms in total. The van der Waals surface area contributed by atoms with Crippen molar-refractivity contribution in [3.8, 4) is 22.9 Å². The Bertz CT molecular complexity index is 1070. The highest BCUT2D eigenvalue weighted by Crippen LogP contribution is 2.33. The average molecular weight is 403 g/mol. The second-order valence-corrected chi connectivity index (χ2v) is 7.37. The van der Waals surface area contributed by atoms with Crippen LogP contribution in [-0.4, -0.2) is 40.8 Å². The Hall–Kier alpha value is -3.61. The molecule has 0 bridgehead atoms. The predicted octanol–water partition coefficient (Wildman–Crippen LogP) is 3.88. The van der Waals surface area contributed by atoms with Crippen LogP contribution in [0.15, 0.2) is 59.1 Å². The molecule has 0 saturated carbocycles. The molecule has 1 aromatic heterocycles. The molecule has 30 heavy (non-hydrogen) atoms. The van der Waals surface area contributed by atoms with Crippen molar-refractivity contribution in [1.29, 1.82) is 0 Å². The summed E-state index contributed by atoms with van der Waals surface area (Å²) in [6.07, 6.45) is 5.03. The molecule has 0 radical (unpaired) electrons. The van der Waals surface area contributed by atoms with Gasteiger partial charge in [0.25, 0.3) is 0 Å². The number of amides is 1. The molecule has 2 aliphatic rings. The van der Waals surface area contributed by atoms with E-state index in [0.717, 1.165) is 29.7 Å². The predicted molar refractivity (Wildman–Crippen MR) is 110 cm³/mol. The zero-order chi connectivity index (χ0) is 20.3. The van der Waals surface area contributed by atoms with E-state index in [4.69, 9.17) is 14.0 Å². The molecule has 2 aliphatic heterocycles. The van der Waals surface area contributed by atoms with Crippen LogP contribution in [0, 0.1) is 0 Å². The lowest BCUT2D eigenvalue weighted by Crippen LogP contribution is -2.36. The van der Waals surface area contributed by atoms with Crippen molar-refractivity contribution in [2.45, 2.75) is 18.8 Å². The van der Waals surface area contributed by atoms with Gasteiger partial charge in [-0.2, -0.15) is 4.98 Å². The Kier molecular flexibility index (Phi) is 4.93. The van der Waals surface area contributed by atoms with Gasteiger partial charge in [0, 0.05) is 30.6 Å². The van der Waals surface area contributed by atoms with Gasteiger partial charge in [-0.25, -0.2) is 0 Å². The van der Waals surface area contributed by atoms with Crippen LogP contribution < -0.4 is 9.47 Å². The molecule has 1 amide bonds. The number of hydrogen-bond acceptors (Lipinski definition) is 6. The topological polar surface area (TPSA) is 77.7 Å². The van der Waals surface area contributed by atoms with Crippen molar-refractivity contribution in [2.75, 3.05) is 19.9 Å². The standard InChI is InChI=1S/C23H21N3O4/c27-21(9-7-16-6-8-19-20(14-16)29-15-28-19)26-12-10-18(11-13-26)23-24-22(25-30-23)17-4-2-1-3-5-17/h1-9,14,18H,10-13,15H2/b9-7+. The maximum Gasteiger partial charge on any atom is 0.246 e. The Morgan fingerprint density at radius 3 is 2.67 bits per heavy atom. The van der Waals surface area contributed by atoms with Gasteiger partial charge in [0.15, 0.2) is 11.5 Å². The lowest BCUT2D eigenvalue weighted by atomic mass is 9.96. The molecule has 1 fully saturated rings. The van der Waals surface area contributed by atoms with Crippen molar-refractivity contribution in [2.24, 2.45) is 0 Å². The largest absolute Gasteiger partial charge is 0.454 e. The van der Waals surface area contributed by atoms with Gasteiger partial charge in [-0.3, -0.25) is 4.79 Å². The number of nitrogens with zero attached hydrogens (tertiary/aromatic N) is 3. The molecule has 5 rings (SSSR count). The number of aromatic nitrogens is 2. The van der Waals surface area contributed by atoms with Gasteiger partial charge in [0.05, 0.1) is 0 Å². The lowest BCUT2D eigenvalue weighted by Gasteiger charge is -2.29. The van der Waals surface area contributed by atoms with Crippen LogP contribution in [0.2, 0.25) is 0 Å². The Morgan fingerprint density at radius 2 is 1.83 bits per heavy atom. The van der Waals surface area contributed by atoms with E-state index in [1.807, 2.05) is 53.4 Å². The van der Waals surface area contributed by atoms with Crippen LogP contribution in [0.25, 0.3) is 17.5 Å². The van der Waals surface area contributed by atoms with E-state index in [1.54, 1.807) is 12.2 Å². The van der Waals surface area contributed by atoms with Crippen LogP contribution in [0.5, 0.6) is 11.5 Å². The summed E-state index contributed by atoms with van der Waals surface area (Å²) < 4.78 is 16.2. The number of fused-ring (bicyclic) bond motifs is 1. The third-order valence-electron chi connectivity index (χ3n) is 5.44. The number of likely N-dealkylation sites (tertiary alicyclic amines) is 1. The van der Waals surface area contributed by atoms with Crippen molar-refractivity contribution in [1.82, 2.24) is 15.0 Å². The Morgan fingerprint density at radius 1 is 1.03 bits per heavy atom. The minimum absolute atomic E-state index is 0.00150. The van der Waals surface area contributed by atoms with Gasteiger partial charge in [-0.05, 0) is 36.6 Å². The fourth-order valence-electron chi connectivity index (χ4n) is 3.74. The van der Waals surface area contributed by atoms with Gasteiger partial charge in [0.1, 0.15) is 0 Å². The third-order valence-corrected chi connectivity index (χ3v) is 5.44. The fraction of sp³-hybridized carbons (Fsp3) is 0.261. The summed E-state index contributed by atoms with van der Waals surface area (Å²) in [5.74, 6) is 2.88. The smallest absolute Gasteiger partial charge is 0.246 e. The monoisotopic (exact) mass is 403 g/mol. The highest BCUT2D eigenvalue weighted by molar-refractivity contribution is 5.92. The second kappa shape index (κ2) is 8.02. The summed E-state index contributed by atoms with van der Waals surface area (Å²) in [6, 6.07) is 15.4. The molecule has 3 aromatic rings. The first-order valence-electron chi connectivity index (χ1n) is 10.0. The first kappa shape index (κ1) is 18.4. The van der Waals surface area contributed by atoms with E-state index in [2.05, 4.69) is 10.1 Å².